The topological polar surface area (TPSA) is 160 Å². The number of nitrogens with one attached hydrogen (secondary N) is 2. The first-order valence-electron chi connectivity index (χ1n) is 20.4. The lowest BCUT2D eigenvalue weighted by Crippen LogP contribution is -2.56. The molecule has 1 aromatic heterocycles. The summed E-state index contributed by atoms with van der Waals surface area (Å²) in [6, 6.07) is 15.4. The molecule has 0 spiro atoms. The number of amides is 5. The van der Waals surface area contributed by atoms with Crippen molar-refractivity contribution in [2.24, 2.45) is 0 Å². The van der Waals surface area contributed by atoms with Gasteiger partial charge in [0.1, 0.15) is 23.5 Å². The summed E-state index contributed by atoms with van der Waals surface area (Å²) in [6.07, 6.45) is 4.89. The number of pyridine rings is 1. The molecule has 14 heteroatoms. The van der Waals surface area contributed by atoms with Gasteiger partial charge in [0, 0.05) is 56.8 Å². The second kappa shape index (κ2) is 19.8. The minimum absolute atomic E-state index is 0.0179. The van der Waals surface area contributed by atoms with Crippen molar-refractivity contribution in [2.75, 3.05) is 45.9 Å². The fourth-order valence-electron chi connectivity index (χ4n) is 7.33. The van der Waals surface area contributed by atoms with Crippen LogP contribution in [0.1, 0.15) is 86.8 Å². The summed E-state index contributed by atoms with van der Waals surface area (Å²) in [5.74, 6) is -1.02. The van der Waals surface area contributed by atoms with Crippen molar-refractivity contribution in [2.45, 2.75) is 103 Å². The van der Waals surface area contributed by atoms with E-state index in [1.807, 2.05) is 62.4 Å². The number of fused-ring (bicyclic) bond motifs is 1. The minimum atomic E-state index is -0.955. The number of likely N-dealkylation sites (tertiary alicyclic amines) is 1. The standard InChI is InChI=1S/C43H56N6O8/c1-4-5-24-56-43(54)48-22-20-47(21-23-48)42(53)34(18-25-55-28-31-11-7-6-8-12-31)46-39(50)36-27-38(33-17-16-29(2)26-35(33)45-36)57-30(3)41(52)49-19-10-15-37(49)40(51)44-32-13-9-14-32/h6-8,11-12,16-17,26-27,30,32,34,37H,4-5,9-10,13-15,18-25,28H2,1-3H3,(H,44,51)(H,46,50)/t30-,34?,37?/m1/s1. The van der Waals surface area contributed by atoms with E-state index in [2.05, 4.69) is 15.6 Å². The number of ether oxygens (including phenoxy) is 3. The largest absolute Gasteiger partial charge is 0.480 e. The lowest BCUT2D eigenvalue weighted by atomic mass is 9.93. The number of carbonyl (C=O) groups excluding carboxylic acids is 5. The average molecular weight is 785 g/mol. The molecule has 2 N–H and O–H groups in total. The summed E-state index contributed by atoms with van der Waals surface area (Å²) >= 11 is 0. The molecule has 5 amide bonds. The summed E-state index contributed by atoms with van der Waals surface area (Å²) in [5.41, 5.74) is 2.41. The molecule has 57 heavy (non-hydrogen) atoms. The first-order chi connectivity index (χ1) is 27.6. The van der Waals surface area contributed by atoms with Crippen LogP contribution in [-0.4, -0.2) is 120 Å². The summed E-state index contributed by atoms with van der Waals surface area (Å²) < 4.78 is 17.6. The van der Waals surface area contributed by atoms with Crippen LogP contribution in [0.5, 0.6) is 5.75 Å². The minimum Gasteiger partial charge on any atom is -0.480 e. The van der Waals surface area contributed by atoms with E-state index in [1.54, 1.807) is 21.6 Å². The lowest BCUT2D eigenvalue weighted by Gasteiger charge is -2.36. The Hall–Kier alpha value is -5.24. The van der Waals surface area contributed by atoms with E-state index in [4.69, 9.17) is 14.2 Å². The number of hydrogen-bond donors (Lipinski definition) is 2. The van der Waals surface area contributed by atoms with Gasteiger partial charge in [-0.25, -0.2) is 9.78 Å². The van der Waals surface area contributed by atoms with Gasteiger partial charge in [-0.2, -0.15) is 0 Å². The number of aryl methyl sites for hydroxylation is 1. The van der Waals surface area contributed by atoms with Gasteiger partial charge in [-0.1, -0.05) is 49.7 Å². The maximum absolute atomic E-state index is 14.1. The van der Waals surface area contributed by atoms with E-state index >= 15 is 0 Å². The molecule has 6 rings (SSSR count). The molecule has 3 fully saturated rings. The average Bonchev–Trinajstić information content (AvgIpc) is 3.70. The first kappa shape index (κ1) is 41.4. The molecule has 0 radical (unpaired) electrons. The Bertz CT molecular complexity index is 1880. The van der Waals surface area contributed by atoms with Crippen molar-refractivity contribution in [3.8, 4) is 5.75 Å². The zero-order valence-electron chi connectivity index (χ0n) is 33.4. The molecule has 3 atom stereocenters. The second-order valence-corrected chi connectivity index (χ2v) is 15.2. The van der Waals surface area contributed by atoms with Crippen LogP contribution in [0.2, 0.25) is 0 Å². The molecule has 3 aliphatic rings. The predicted octanol–water partition coefficient (Wildman–Crippen LogP) is 4.76. The van der Waals surface area contributed by atoms with Gasteiger partial charge in [0.25, 0.3) is 11.8 Å². The normalized spacial score (nSPS) is 18.1. The predicted molar refractivity (Wildman–Crippen MR) is 213 cm³/mol. The molecule has 2 aliphatic heterocycles. The van der Waals surface area contributed by atoms with Crippen molar-refractivity contribution in [1.29, 1.82) is 0 Å². The zero-order valence-corrected chi connectivity index (χ0v) is 33.4. The van der Waals surface area contributed by atoms with Gasteiger partial charge < -0.3 is 39.5 Å². The van der Waals surface area contributed by atoms with Crippen molar-refractivity contribution in [3.63, 3.8) is 0 Å². The highest BCUT2D eigenvalue weighted by Gasteiger charge is 2.38. The zero-order chi connectivity index (χ0) is 40.3. The van der Waals surface area contributed by atoms with Crippen LogP contribution in [0, 0.1) is 6.92 Å². The quantitative estimate of drug-likeness (QED) is 0.196. The van der Waals surface area contributed by atoms with Gasteiger partial charge in [-0.05, 0) is 82.1 Å². The van der Waals surface area contributed by atoms with Gasteiger partial charge in [-0.15, -0.1) is 0 Å². The first-order valence-corrected chi connectivity index (χ1v) is 20.4. The molecule has 2 unspecified atom stereocenters. The summed E-state index contributed by atoms with van der Waals surface area (Å²) in [6.45, 7) is 8.15. The fourth-order valence-corrected chi connectivity index (χ4v) is 7.33. The van der Waals surface area contributed by atoms with Crippen molar-refractivity contribution in [3.05, 3.63) is 71.4 Å². The molecular formula is C43H56N6O8. The number of rotatable bonds is 16. The van der Waals surface area contributed by atoms with Crippen LogP contribution in [0.4, 0.5) is 4.79 Å². The highest BCUT2D eigenvalue weighted by Crippen LogP contribution is 2.29. The number of benzene rings is 2. The smallest absolute Gasteiger partial charge is 0.409 e. The van der Waals surface area contributed by atoms with Gasteiger partial charge in [0.05, 0.1) is 18.7 Å². The SMILES string of the molecule is CCCCOC(=O)N1CCN(C(=O)C(CCOCc2ccccc2)NC(=O)c2cc(O[C@H](C)C(=O)N3CCCC3C(=O)NC3CCC3)c3ccc(C)cc3n2)CC1. The van der Waals surface area contributed by atoms with Crippen LogP contribution < -0.4 is 15.4 Å². The van der Waals surface area contributed by atoms with Crippen LogP contribution >= 0.6 is 0 Å². The number of piperazine rings is 1. The van der Waals surface area contributed by atoms with Crippen LogP contribution in [0.25, 0.3) is 10.9 Å². The molecule has 1 saturated carbocycles. The molecule has 2 saturated heterocycles. The van der Waals surface area contributed by atoms with Crippen molar-refractivity contribution < 1.29 is 38.2 Å². The molecule has 306 valence electrons. The maximum Gasteiger partial charge on any atom is 0.409 e. The van der Waals surface area contributed by atoms with E-state index < -0.39 is 30.2 Å². The monoisotopic (exact) mass is 784 g/mol. The second-order valence-electron chi connectivity index (χ2n) is 15.2. The van der Waals surface area contributed by atoms with Crippen LogP contribution in [-0.2, 0) is 30.5 Å². The van der Waals surface area contributed by atoms with Gasteiger partial charge >= 0.3 is 6.09 Å². The Morgan fingerprint density at radius 1 is 0.877 bits per heavy atom. The van der Waals surface area contributed by atoms with E-state index in [0.717, 1.165) is 49.7 Å². The molecule has 2 aromatic carbocycles. The van der Waals surface area contributed by atoms with Crippen LogP contribution in [0.15, 0.2) is 54.6 Å². The van der Waals surface area contributed by atoms with Crippen LogP contribution in [0.3, 0.4) is 0 Å². The molecule has 0 bridgehead atoms. The Morgan fingerprint density at radius 3 is 2.35 bits per heavy atom. The third kappa shape index (κ3) is 10.8. The lowest BCUT2D eigenvalue weighted by molar-refractivity contribution is -0.143. The molecule has 3 aromatic rings. The Morgan fingerprint density at radius 2 is 1.63 bits per heavy atom. The van der Waals surface area contributed by atoms with E-state index in [9.17, 15) is 24.0 Å². The number of aromatic nitrogens is 1. The summed E-state index contributed by atoms with van der Waals surface area (Å²) in [5, 5.41) is 6.61. The highest BCUT2D eigenvalue weighted by atomic mass is 16.6. The van der Waals surface area contributed by atoms with E-state index in [1.165, 1.54) is 6.07 Å². The molecule has 14 nitrogen and oxygen atoms in total. The summed E-state index contributed by atoms with van der Waals surface area (Å²) in [4.78, 5) is 77.1. The molecule has 3 heterocycles. The van der Waals surface area contributed by atoms with Crippen molar-refractivity contribution in [1.82, 2.24) is 30.3 Å². The number of hydrogen-bond acceptors (Lipinski definition) is 9. The number of nitrogens with zero attached hydrogens (tertiary/aromatic N) is 4. The molecular weight excluding hydrogens is 729 g/mol. The Kier molecular flexibility index (Phi) is 14.3. The third-order valence-corrected chi connectivity index (χ3v) is 10.9. The van der Waals surface area contributed by atoms with Gasteiger partial charge in [0.15, 0.2) is 6.10 Å². The highest BCUT2D eigenvalue weighted by molar-refractivity contribution is 5.99. The van der Waals surface area contributed by atoms with Crippen molar-refractivity contribution >= 4 is 40.6 Å². The van der Waals surface area contributed by atoms with Gasteiger partial charge in [0.2, 0.25) is 11.8 Å². The summed E-state index contributed by atoms with van der Waals surface area (Å²) in [7, 11) is 0. The Balaban J connectivity index is 1.16. The Labute approximate surface area is 334 Å². The van der Waals surface area contributed by atoms with E-state index in [-0.39, 0.29) is 61.3 Å². The number of carbonyl (C=O) groups is 5. The van der Waals surface area contributed by atoms with E-state index in [0.29, 0.717) is 50.2 Å². The number of unbranched alkanes of at least 4 members (excludes halogenated alkanes) is 1. The third-order valence-electron chi connectivity index (χ3n) is 10.9. The van der Waals surface area contributed by atoms with Gasteiger partial charge in [-0.3, -0.25) is 19.2 Å². The fraction of sp³-hybridized carbons (Fsp3) is 0.535. The maximum atomic E-state index is 14.1. The molecule has 1 aliphatic carbocycles.